The molecule has 2 aliphatic rings. The molecule has 0 unspecified atom stereocenters. The summed E-state index contributed by atoms with van der Waals surface area (Å²) in [5.74, 6) is -0.506. The molecule has 1 fully saturated rings. The predicted molar refractivity (Wildman–Crippen MR) is 104 cm³/mol. The van der Waals surface area contributed by atoms with Crippen molar-refractivity contribution in [3.05, 3.63) is 65.1 Å². The number of carbonyl (C=O) groups excluding carboxylic acids is 2. The van der Waals surface area contributed by atoms with E-state index < -0.39 is 0 Å². The highest BCUT2D eigenvalue weighted by atomic mass is 32.2. The molecule has 0 bridgehead atoms. The maximum atomic E-state index is 12.9. The van der Waals surface area contributed by atoms with Crippen LogP contribution in [0.1, 0.15) is 5.56 Å². The summed E-state index contributed by atoms with van der Waals surface area (Å²) in [6.45, 7) is 0. The molecular weight excluding hydrogens is 354 g/mol. The van der Waals surface area contributed by atoms with Gasteiger partial charge in [0, 0.05) is 12.6 Å². The molecule has 124 valence electrons. The maximum Gasteiger partial charge on any atom is 0.285 e. The van der Waals surface area contributed by atoms with Crippen molar-refractivity contribution in [3.8, 4) is 0 Å². The lowest BCUT2D eigenvalue weighted by Gasteiger charge is -2.16. The van der Waals surface area contributed by atoms with E-state index in [0.29, 0.717) is 14.8 Å². The van der Waals surface area contributed by atoms with Gasteiger partial charge in [0.05, 0.1) is 21.9 Å². The van der Waals surface area contributed by atoms with E-state index in [0.717, 1.165) is 28.7 Å². The fraction of sp³-hybridized carbons (Fsp3) is 0.0556. The third kappa shape index (κ3) is 2.52. The first-order chi connectivity index (χ1) is 12.1. The summed E-state index contributed by atoms with van der Waals surface area (Å²) in [6.07, 6.45) is 0. The number of hydrogen-bond acceptors (Lipinski definition) is 5. The van der Waals surface area contributed by atoms with Crippen molar-refractivity contribution in [1.29, 1.82) is 0 Å². The van der Waals surface area contributed by atoms with Gasteiger partial charge in [0.15, 0.2) is 4.32 Å². The standard InChI is InChI=1S/C18H13N3O2S2/c1-20-13-10-6-5-9-12(13)14(16(20)22)15-17(23)21(18(24)25-15)19-11-7-3-2-4-8-11/h2-10,19H,1H3/b15-14+. The van der Waals surface area contributed by atoms with E-state index in [1.54, 1.807) is 11.9 Å². The topological polar surface area (TPSA) is 52.7 Å². The van der Waals surface area contributed by atoms with Crippen molar-refractivity contribution >= 4 is 57.1 Å². The highest BCUT2D eigenvalue weighted by Gasteiger charge is 2.41. The van der Waals surface area contributed by atoms with E-state index in [1.807, 2.05) is 54.6 Å². The quantitative estimate of drug-likeness (QED) is 0.652. The fourth-order valence-electron chi connectivity index (χ4n) is 2.85. The molecule has 0 radical (unpaired) electrons. The number of hydrazine groups is 1. The van der Waals surface area contributed by atoms with Gasteiger partial charge in [0.2, 0.25) is 0 Å². The molecule has 0 spiro atoms. The summed E-state index contributed by atoms with van der Waals surface area (Å²) in [5.41, 5.74) is 5.72. The highest BCUT2D eigenvalue weighted by Crippen LogP contribution is 2.43. The Morgan fingerprint density at radius 1 is 0.960 bits per heavy atom. The summed E-state index contributed by atoms with van der Waals surface area (Å²) in [7, 11) is 1.71. The summed E-state index contributed by atoms with van der Waals surface area (Å²) >= 11 is 6.49. The Morgan fingerprint density at radius 3 is 2.40 bits per heavy atom. The number of carbonyl (C=O) groups is 2. The summed E-state index contributed by atoms with van der Waals surface area (Å²) in [4.78, 5) is 27.5. The Bertz CT molecular complexity index is 940. The van der Waals surface area contributed by atoms with Crippen LogP contribution >= 0.6 is 24.0 Å². The first-order valence-electron chi connectivity index (χ1n) is 7.57. The molecule has 0 saturated carbocycles. The fourth-order valence-corrected chi connectivity index (χ4v) is 4.10. The Kier molecular flexibility index (Phi) is 3.82. The van der Waals surface area contributed by atoms with Crippen LogP contribution in [0, 0.1) is 0 Å². The van der Waals surface area contributed by atoms with Gasteiger partial charge in [-0.2, -0.15) is 0 Å². The SMILES string of the molecule is CN1C(=O)/C(=C2/SC(=S)N(Nc3ccccc3)C2=O)c2ccccc21. The minimum atomic E-state index is -0.313. The maximum absolute atomic E-state index is 12.9. The van der Waals surface area contributed by atoms with Crippen LogP contribution in [0.4, 0.5) is 11.4 Å². The molecule has 2 heterocycles. The van der Waals surface area contributed by atoms with Crippen LogP contribution < -0.4 is 10.3 Å². The lowest BCUT2D eigenvalue weighted by atomic mass is 10.1. The number of fused-ring (bicyclic) bond motifs is 1. The van der Waals surface area contributed by atoms with Crippen molar-refractivity contribution in [1.82, 2.24) is 5.01 Å². The molecule has 0 atom stereocenters. The highest BCUT2D eigenvalue weighted by molar-refractivity contribution is 8.26. The first kappa shape index (κ1) is 15.9. The second-order valence-corrected chi connectivity index (χ2v) is 7.22. The molecule has 2 amide bonds. The minimum Gasteiger partial charge on any atom is -0.311 e. The largest absolute Gasteiger partial charge is 0.311 e. The Hall–Kier alpha value is -2.64. The monoisotopic (exact) mass is 367 g/mol. The number of benzene rings is 2. The number of amides is 2. The molecule has 1 N–H and O–H groups in total. The average molecular weight is 367 g/mol. The third-order valence-corrected chi connectivity index (χ3v) is 5.44. The van der Waals surface area contributed by atoms with E-state index in [-0.39, 0.29) is 11.8 Å². The number of anilines is 2. The van der Waals surface area contributed by atoms with Crippen molar-refractivity contribution in [3.63, 3.8) is 0 Å². The second kappa shape index (κ2) is 6.02. The zero-order chi connectivity index (χ0) is 17.6. The van der Waals surface area contributed by atoms with Crippen LogP contribution in [-0.2, 0) is 9.59 Å². The number of likely N-dealkylation sites (N-methyl/N-ethyl adjacent to an activating group) is 1. The van der Waals surface area contributed by atoms with Gasteiger partial charge in [-0.05, 0) is 30.4 Å². The van der Waals surface area contributed by atoms with Crippen molar-refractivity contribution in [2.45, 2.75) is 0 Å². The molecule has 25 heavy (non-hydrogen) atoms. The van der Waals surface area contributed by atoms with Gasteiger partial charge >= 0.3 is 0 Å². The van der Waals surface area contributed by atoms with Gasteiger partial charge in [-0.1, -0.05) is 48.2 Å². The average Bonchev–Trinajstić information content (AvgIpc) is 3.04. The van der Waals surface area contributed by atoms with Crippen LogP contribution in [0.3, 0.4) is 0 Å². The molecule has 2 aromatic carbocycles. The number of rotatable bonds is 2. The van der Waals surface area contributed by atoms with Gasteiger partial charge in [0.1, 0.15) is 0 Å². The van der Waals surface area contributed by atoms with Crippen molar-refractivity contribution in [2.24, 2.45) is 0 Å². The number of hydrogen-bond donors (Lipinski definition) is 1. The van der Waals surface area contributed by atoms with Crippen LogP contribution in [-0.4, -0.2) is 28.2 Å². The van der Waals surface area contributed by atoms with Gasteiger partial charge in [-0.3, -0.25) is 15.0 Å². The van der Waals surface area contributed by atoms with Gasteiger partial charge in [-0.25, -0.2) is 5.01 Å². The summed E-state index contributed by atoms with van der Waals surface area (Å²) in [6, 6.07) is 16.7. The number of nitrogens with one attached hydrogen (secondary N) is 1. The molecule has 0 aliphatic carbocycles. The smallest absolute Gasteiger partial charge is 0.285 e. The summed E-state index contributed by atoms with van der Waals surface area (Å²) in [5, 5.41) is 1.31. The zero-order valence-electron chi connectivity index (χ0n) is 13.2. The summed E-state index contributed by atoms with van der Waals surface area (Å²) < 4.78 is 0.371. The van der Waals surface area contributed by atoms with Crippen LogP contribution in [0.15, 0.2) is 59.5 Å². The number of nitrogens with zero attached hydrogens (tertiary/aromatic N) is 2. The second-order valence-electron chi connectivity index (χ2n) is 5.57. The molecular formula is C18H13N3O2S2. The van der Waals surface area contributed by atoms with Crippen LogP contribution in [0.25, 0.3) is 5.57 Å². The van der Waals surface area contributed by atoms with Gasteiger partial charge < -0.3 is 4.90 Å². The van der Waals surface area contributed by atoms with E-state index in [2.05, 4.69) is 5.43 Å². The van der Waals surface area contributed by atoms with Crippen molar-refractivity contribution < 1.29 is 9.59 Å². The molecule has 1 saturated heterocycles. The van der Waals surface area contributed by atoms with E-state index in [4.69, 9.17) is 12.2 Å². The normalized spacial score (nSPS) is 19.6. The minimum absolute atomic E-state index is 0.193. The zero-order valence-corrected chi connectivity index (χ0v) is 14.9. The van der Waals surface area contributed by atoms with Gasteiger partial charge in [-0.15, -0.1) is 0 Å². The predicted octanol–water partition coefficient (Wildman–Crippen LogP) is 3.26. The van der Waals surface area contributed by atoms with Crippen LogP contribution in [0.2, 0.25) is 0 Å². The molecule has 4 rings (SSSR count). The molecule has 2 aromatic rings. The van der Waals surface area contributed by atoms with Crippen LogP contribution in [0.5, 0.6) is 0 Å². The number of thioether (sulfide) groups is 1. The first-order valence-corrected chi connectivity index (χ1v) is 8.80. The number of thiocarbonyl (C=S) groups is 1. The Morgan fingerprint density at radius 2 is 1.64 bits per heavy atom. The third-order valence-electron chi connectivity index (χ3n) is 4.06. The van der Waals surface area contributed by atoms with Crippen molar-refractivity contribution in [2.75, 3.05) is 17.4 Å². The van der Waals surface area contributed by atoms with E-state index >= 15 is 0 Å². The Balaban J connectivity index is 1.75. The van der Waals surface area contributed by atoms with E-state index in [1.165, 1.54) is 5.01 Å². The lowest BCUT2D eigenvalue weighted by molar-refractivity contribution is -0.121. The lowest BCUT2D eigenvalue weighted by Crippen LogP contribution is -2.34. The van der Waals surface area contributed by atoms with Gasteiger partial charge in [0.25, 0.3) is 11.8 Å². The molecule has 0 aromatic heterocycles. The molecule has 5 nitrogen and oxygen atoms in total. The number of para-hydroxylation sites is 2. The molecule has 7 heteroatoms. The van der Waals surface area contributed by atoms with E-state index in [9.17, 15) is 9.59 Å². The Labute approximate surface area is 154 Å². The molecule has 2 aliphatic heterocycles.